The monoisotopic (exact) mass is 615 g/mol. The van der Waals surface area contributed by atoms with Crippen LogP contribution < -0.4 is 4.74 Å². The number of carboxylic acids is 1. The Kier molecular flexibility index (Phi) is 27.1. The molecule has 1 aromatic carbocycles. The number of hydrogen-bond donors (Lipinski definition) is 2. The van der Waals surface area contributed by atoms with Crippen molar-refractivity contribution in [3.63, 3.8) is 0 Å². The van der Waals surface area contributed by atoms with E-state index in [1.54, 1.807) is 18.2 Å². The fraction of sp³-hybridized carbons (Fsp3) is 0.775. The highest BCUT2D eigenvalue weighted by Crippen LogP contribution is 2.28. The molecular weight excluding hydrogens is 544 g/mol. The maximum atomic E-state index is 11.7. The van der Waals surface area contributed by atoms with Gasteiger partial charge in [0.1, 0.15) is 0 Å². The van der Waals surface area contributed by atoms with Crippen molar-refractivity contribution in [2.75, 3.05) is 7.11 Å². The Labute approximate surface area is 272 Å². The number of phenols is 1. The normalized spacial score (nSPS) is 11.7. The van der Waals surface area contributed by atoms with Gasteiger partial charge in [0.2, 0.25) is 0 Å². The number of unbranched alkanes of at least 4 members (excludes halogenated alkanes) is 27. The van der Waals surface area contributed by atoms with Crippen LogP contribution in [0.5, 0.6) is 11.5 Å². The summed E-state index contributed by atoms with van der Waals surface area (Å²) in [7, 11) is 1.49. The van der Waals surface area contributed by atoms with Crippen LogP contribution >= 0.6 is 0 Å². The standard InChI is InChI=1S/C40H70O4/c1-3-4-5-6-7-8-9-10-11-12-13-14-15-16-17-18-19-20-21-22-23-24-25-26-27-28-29-30-31-37(40(42)43)34-36-32-33-38(41)39(35-36)44-2/h32-35,41H,3-31H2,1-2H3,(H,42,43). The number of ether oxygens (including phenoxy) is 1. The van der Waals surface area contributed by atoms with Crippen molar-refractivity contribution < 1.29 is 19.7 Å². The van der Waals surface area contributed by atoms with Gasteiger partial charge in [-0.05, 0) is 36.6 Å². The molecule has 44 heavy (non-hydrogen) atoms. The number of benzene rings is 1. The Morgan fingerprint density at radius 1 is 0.591 bits per heavy atom. The summed E-state index contributed by atoms with van der Waals surface area (Å²) in [5.74, 6) is -0.460. The highest BCUT2D eigenvalue weighted by atomic mass is 16.5. The molecule has 0 aliphatic rings. The molecule has 1 rings (SSSR count). The number of rotatable bonds is 32. The molecule has 0 saturated carbocycles. The van der Waals surface area contributed by atoms with Crippen LogP contribution in [0.2, 0.25) is 0 Å². The van der Waals surface area contributed by atoms with Gasteiger partial charge in [-0.1, -0.05) is 186 Å². The van der Waals surface area contributed by atoms with Gasteiger partial charge in [0.15, 0.2) is 11.5 Å². The molecule has 4 heteroatoms. The van der Waals surface area contributed by atoms with E-state index in [0.29, 0.717) is 17.7 Å². The average Bonchev–Trinajstić information content (AvgIpc) is 3.02. The number of hydrogen-bond acceptors (Lipinski definition) is 3. The van der Waals surface area contributed by atoms with Crippen LogP contribution in [0.4, 0.5) is 0 Å². The van der Waals surface area contributed by atoms with Gasteiger partial charge in [-0.15, -0.1) is 0 Å². The molecule has 0 saturated heterocycles. The highest BCUT2D eigenvalue weighted by molar-refractivity contribution is 5.92. The predicted molar refractivity (Wildman–Crippen MR) is 190 cm³/mol. The summed E-state index contributed by atoms with van der Waals surface area (Å²) in [6.07, 6.45) is 40.9. The molecule has 0 bridgehead atoms. The largest absolute Gasteiger partial charge is 0.504 e. The SMILES string of the molecule is CCCCCCCCCCCCCCCCCCCCCCCCCCCCCCC(=Cc1ccc(O)c(OC)c1)C(=O)O. The molecule has 0 aliphatic carbocycles. The second kappa shape index (κ2) is 29.7. The van der Waals surface area contributed by atoms with Crippen molar-refractivity contribution in [3.8, 4) is 11.5 Å². The maximum absolute atomic E-state index is 11.7. The molecule has 2 N–H and O–H groups in total. The molecule has 0 aliphatic heterocycles. The number of phenolic OH excluding ortho intramolecular Hbond substituents is 1. The van der Waals surface area contributed by atoms with E-state index >= 15 is 0 Å². The second-order valence-corrected chi connectivity index (χ2v) is 13.2. The number of methoxy groups -OCH3 is 1. The molecule has 0 atom stereocenters. The van der Waals surface area contributed by atoms with Gasteiger partial charge < -0.3 is 14.9 Å². The molecule has 0 aromatic heterocycles. The van der Waals surface area contributed by atoms with Gasteiger partial charge in [-0.3, -0.25) is 0 Å². The van der Waals surface area contributed by atoms with Crippen molar-refractivity contribution >= 4 is 12.0 Å². The quantitative estimate of drug-likeness (QED) is 0.0626. The van der Waals surface area contributed by atoms with E-state index in [0.717, 1.165) is 18.4 Å². The lowest BCUT2D eigenvalue weighted by Gasteiger charge is -2.06. The Hall–Kier alpha value is -1.97. The van der Waals surface area contributed by atoms with E-state index in [2.05, 4.69) is 6.92 Å². The van der Waals surface area contributed by atoms with Crippen molar-refractivity contribution in [1.29, 1.82) is 0 Å². The van der Waals surface area contributed by atoms with Crippen LogP contribution in [-0.2, 0) is 4.79 Å². The molecule has 0 fully saturated rings. The van der Waals surface area contributed by atoms with Gasteiger partial charge in [-0.25, -0.2) is 4.79 Å². The number of carboxylic acid groups (broad SMARTS) is 1. The smallest absolute Gasteiger partial charge is 0.331 e. The van der Waals surface area contributed by atoms with Gasteiger partial charge in [-0.2, -0.15) is 0 Å². The molecule has 4 nitrogen and oxygen atoms in total. The van der Waals surface area contributed by atoms with Crippen LogP contribution in [-0.4, -0.2) is 23.3 Å². The lowest BCUT2D eigenvalue weighted by molar-refractivity contribution is -0.132. The Balaban J connectivity index is 1.82. The summed E-state index contributed by atoms with van der Waals surface area (Å²) in [6, 6.07) is 4.91. The van der Waals surface area contributed by atoms with E-state index in [1.807, 2.05) is 0 Å². The fourth-order valence-electron chi connectivity index (χ4n) is 6.21. The van der Waals surface area contributed by atoms with Crippen LogP contribution in [0.1, 0.15) is 199 Å². The first kappa shape index (κ1) is 40.1. The van der Waals surface area contributed by atoms with E-state index in [-0.39, 0.29) is 5.75 Å². The van der Waals surface area contributed by atoms with Crippen molar-refractivity contribution in [1.82, 2.24) is 0 Å². The zero-order chi connectivity index (χ0) is 31.9. The second-order valence-electron chi connectivity index (χ2n) is 13.2. The molecule has 0 unspecified atom stereocenters. The topological polar surface area (TPSA) is 66.8 Å². The van der Waals surface area contributed by atoms with Gasteiger partial charge in [0, 0.05) is 5.57 Å². The van der Waals surface area contributed by atoms with Gasteiger partial charge >= 0.3 is 5.97 Å². The average molecular weight is 615 g/mol. The highest BCUT2D eigenvalue weighted by Gasteiger charge is 2.09. The Morgan fingerprint density at radius 3 is 1.25 bits per heavy atom. The summed E-state index contributed by atoms with van der Waals surface area (Å²) in [6.45, 7) is 2.30. The van der Waals surface area contributed by atoms with E-state index in [1.165, 1.54) is 180 Å². The van der Waals surface area contributed by atoms with Crippen molar-refractivity contribution in [2.45, 2.75) is 193 Å². The molecule has 1 aromatic rings. The van der Waals surface area contributed by atoms with Crippen LogP contribution in [0.3, 0.4) is 0 Å². The molecule has 0 spiro atoms. The number of carbonyl (C=O) groups is 1. The first-order chi connectivity index (χ1) is 21.6. The first-order valence-corrected chi connectivity index (χ1v) is 18.9. The van der Waals surface area contributed by atoms with E-state index < -0.39 is 5.97 Å². The lowest BCUT2D eigenvalue weighted by Crippen LogP contribution is -2.00. The van der Waals surface area contributed by atoms with Crippen LogP contribution in [0.15, 0.2) is 23.8 Å². The van der Waals surface area contributed by atoms with Crippen LogP contribution in [0, 0.1) is 0 Å². The predicted octanol–water partition coefficient (Wildman–Crippen LogP) is 13.2. The maximum Gasteiger partial charge on any atom is 0.331 e. The van der Waals surface area contributed by atoms with E-state index in [4.69, 9.17) is 4.74 Å². The third-order valence-electron chi connectivity index (χ3n) is 9.12. The third-order valence-corrected chi connectivity index (χ3v) is 9.12. The lowest BCUT2D eigenvalue weighted by atomic mass is 10.0. The van der Waals surface area contributed by atoms with Crippen molar-refractivity contribution in [3.05, 3.63) is 29.3 Å². The number of aliphatic carboxylic acids is 1. The van der Waals surface area contributed by atoms with Crippen LogP contribution in [0.25, 0.3) is 6.08 Å². The molecule has 0 heterocycles. The van der Waals surface area contributed by atoms with Gasteiger partial charge in [0.25, 0.3) is 0 Å². The molecule has 254 valence electrons. The minimum absolute atomic E-state index is 0.0577. The van der Waals surface area contributed by atoms with Crippen molar-refractivity contribution in [2.24, 2.45) is 0 Å². The molecule has 0 amide bonds. The Morgan fingerprint density at radius 2 is 0.932 bits per heavy atom. The summed E-state index contributed by atoms with van der Waals surface area (Å²) in [5.41, 5.74) is 1.14. The summed E-state index contributed by atoms with van der Waals surface area (Å²) < 4.78 is 5.12. The van der Waals surface area contributed by atoms with Gasteiger partial charge in [0.05, 0.1) is 7.11 Å². The zero-order valence-corrected chi connectivity index (χ0v) is 29.0. The first-order valence-electron chi connectivity index (χ1n) is 18.9. The summed E-state index contributed by atoms with van der Waals surface area (Å²) in [5, 5.41) is 19.3. The summed E-state index contributed by atoms with van der Waals surface area (Å²) in [4.78, 5) is 11.7. The molecular formula is C40H70O4. The van der Waals surface area contributed by atoms with E-state index in [9.17, 15) is 15.0 Å². The third kappa shape index (κ3) is 23.4. The minimum Gasteiger partial charge on any atom is -0.504 e. The Bertz CT molecular complexity index is 831. The summed E-state index contributed by atoms with van der Waals surface area (Å²) >= 11 is 0. The molecule has 0 radical (unpaired) electrons. The zero-order valence-electron chi connectivity index (χ0n) is 29.0. The number of aromatic hydroxyl groups is 1. The fourth-order valence-corrected chi connectivity index (χ4v) is 6.21. The minimum atomic E-state index is -0.873.